The van der Waals surface area contributed by atoms with Gasteiger partial charge >= 0.3 is 0 Å². The Labute approximate surface area is 150 Å². The summed E-state index contributed by atoms with van der Waals surface area (Å²) in [6.45, 7) is 2.63. The lowest BCUT2D eigenvalue weighted by Gasteiger charge is -2.34. The second-order valence-corrected chi connectivity index (χ2v) is 6.96. The highest BCUT2D eigenvalue weighted by Crippen LogP contribution is 2.26. The molecule has 1 N–H and O–H groups in total. The molecule has 0 aliphatic carbocycles. The number of nitro groups is 1. The second kappa shape index (κ2) is 8.22. The fourth-order valence-corrected chi connectivity index (χ4v) is 3.89. The lowest BCUT2D eigenvalue weighted by atomic mass is 10.0. The van der Waals surface area contributed by atoms with Crippen LogP contribution in [0.2, 0.25) is 0 Å². The predicted octanol–water partition coefficient (Wildman–Crippen LogP) is 3.61. The van der Waals surface area contributed by atoms with Gasteiger partial charge < -0.3 is 5.32 Å². The van der Waals surface area contributed by atoms with Crippen LogP contribution in [0.1, 0.15) is 41.2 Å². The highest BCUT2D eigenvalue weighted by Gasteiger charge is 2.23. The highest BCUT2D eigenvalue weighted by atomic mass is 32.1. The standard InChI is InChI=1S/C18H21N3O3S/c22-18(14-4-6-16(7-5-14)21(23)24)19-12-17(15-8-11-25-13-15)20-9-2-1-3-10-20/h4-8,11,13,17H,1-3,9-10,12H2,(H,19,22). The number of hydrogen-bond donors (Lipinski definition) is 1. The average molecular weight is 359 g/mol. The topological polar surface area (TPSA) is 75.5 Å². The molecule has 1 aromatic carbocycles. The van der Waals surface area contributed by atoms with Crippen LogP contribution in [0.4, 0.5) is 5.69 Å². The van der Waals surface area contributed by atoms with Crippen LogP contribution in [-0.4, -0.2) is 35.4 Å². The van der Waals surface area contributed by atoms with Crippen molar-refractivity contribution in [2.75, 3.05) is 19.6 Å². The van der Waals surface area contributed by atoms with E-state index < -0.39 is 4.92 Å². The van der Waals surface area contributed by atoms with E-state index >= 15 is 0 Å². The van der Waals surface area contributed by atoms with E-state index in [0.717, 1.165) is 13.1 Å². The lowest BCUT2D eigenvalue weighted by molar-refractivity contribution is -0.384. The minimum Gasteiger partial charge on any atom is -0.350 e. The highest BCUT2D eigenvalue weighted by molar-refractivity contribution is 7.07. The lowest BCUT2D eigenvalue weighted by Crippen LogP contribution is -2.40. The zero-order chi connectivity index (χ0) is 17.6. The Hall–Kier alpha value is -2.25. The molecule has 25 heavy (non-hydrogen) atoms. The van der Waals surface area contributed by atoms with Crippen LogP contribution in [0.3, 0.4) is 0 Å². The predicted molar refractivity (Wildman–Crippen MR) is 97.9 cm³/mol. The van der Waals surface area contributed by atoms with Gasteiger partial charge in [-0.3, -0.25) is 19.8 Å². The van der Waals surface area contributed by atoms with Crippen molar-refractivity contribution in [2.45, 2.75) is 25.3 Å². The summed E-state index contributed by atoms with van der Waals surface area (Å²) in [6.07, 6.45) is 3.65. The van der Waals surface area contributed by atoms with Crippen LogP contribution >= 0.6 is 11.3 Å². The van der Waals surface area contributed by atoms with E-state index in [1.165, 1.54) is 49.1 Å². The minimum atomic E-state index is -0.468. The number of carbonyl (C=O) groups is 1. The first-order chi connectivity index (χ1) is 12.1. The molecule has 1 aliphatic heterocycles. The Morgan fingerprint density at radius 3 is 2.52 bits per heavy atom. The molecule has 2 aromatic rings. The Morgan fingerprint density at radius 2 is 1.92 bits per heavy atom. The van der Waals surface area contributed by atoms with Gasteiger partial charge in [0.05, 0.1) is 11.0 Å². The number of nitrogens with one attached hydrogen (secondary N) is 1. The van der Waals surface area contributed by atoms with Crippen molar-refractivity contribution in [2.24, 2.45) is 0 Å². The number of benzene rings is 1. The van der Waals surface area contributed by atoms with E-state index in [-0.39, 0.29) is 17.6 Å². The van der Waals surface area contributed by atoms with Gasteiger partial charge in [-0.1, -0.05) is 6.42 Å². The van der Waals surface area contributed by atoms with Gasteiger partial charge in [-0.2, -0.15) is 11.3 Å². The number of likely N-dealkylation sites (tertiary alicyclic amines) is 1. The van der Waals surface area contributed by atoms with Crippen molar-refractivity contribution in [3.63, 3.8) is 0 Å². The van der Waals surface area contributed by atoms with Gasteiger partial charge in [-0.05, 0) is 60.5 Å². The zero-order valence-corrected chi connectivity index (χ0v) is 14.7. The zero-order valence-electron chi connectivity index (χ0n) is 13.9. The Balaban J connectivity index is 1.65. The second-order valence-electron chi connectivity index (χ2n) is 6.18. The van der Waals surface area contributed by atoms with Gasteiger partial charge in [-0.15, -0.1) is 0 Å². The van der Waals surface area contributed by atoms with E-state index in [4.69, 9.17) is 0 Å². The SMILES string of the molecule is O=C(NCC(c1ccsc1)N1CCCCC1)c1ccc([N+](=O)[O-])cc1. The molecule has 3 rings (SSSR count). The Bertz CT molecular complexity index is 710. The molecular formula is C18H21N3O3S. The summed E-state index contributed by atoms with van der Waals surface area (Å²) in [4.78, 5) is 25.1. The molecule has 1 amide bonds. The van der Waals surface area contributed by atoms with Crippen molar-refractivity contribution in [1.82, 2.24) is 10.2 Å². The van der Waals surface area contributed by atoms with Crippen molar-refractivity contribution >= 4 is 22.9 Å². The molecule has 132 valence electrons. The van der Waals surface area contributed by atoms with E-state index in [1.807, 2.05) is 0 Å². The number of nitrogens with zero attached hydrogens (tertiary/aromatic N) is 2. The molecule has 1 saturated heterocycles. The number of nitro benzene ring substituents is 1. The quantitative estimate of drug-likeness (QED) is 0.631. The molecule has 0 radical (unpaired) electrons. The maximum absolute atomic E-state index is 12.4. The largest absolute Gasteiger partial charge is 0.350 e. The van der Waals surface area contributed by atoms with Crippen LogP contribution in [-0.2, 0) is 0 Å². The van der Waals surface area contributed by atoms with Crippen molar-refractivity contribution in [3.05, 3.63) is 62.3 Å². The molecule has 0 spiro atoms. The van der Waals surface area contributed by atoms with Crippen molar-refractivity contribution in [1.29, 1.82) is 0 Å². The third-order valence-corrected chi connectivity index (χ3v) is 5.26. The van der Waals surface area contributed by atoms with E-state index in [9.17, 15) is 14.9 Å². The molecule has 1 atom stereocenters. The van der Waals surface area contributed by atoms with Gasteiger partial charge in [-0.25, -0.2) is 0 Å². The van der Waals surface area contributed by atoms with Crippen LogP contribution < -0.4 is 5.32 Å². The smallest absolute Gasteiger partial charge is 0.269 e. The van der Waals surface area contributed by atoms with E-state index in [1.54, 1.807) is 11.3 Å². The number of rotatable bonds is 6. The number of hydrogen-bond acceptors (Lipinski definition) is 5. The number of piperidine rings is 1. The van der Waals surface area contributed by atoms with Gasteiger partial charge in [0, 0.05) is 24.2 Å². The van der Waals surface area contributed by atoms with Gasteiger partial charge in [0.15, 0.2) is 0 Å². The van der Waals surface area contributed by atoms with Crippen molar-refractivity contribution in [3.8, 4) is 0 Å². The normalized spacial score (nSPS) is 16.3. The molecule has 0 saturated carbocycles. The third kappa shape index (κ3) is 4.43. The summed E-state index contributed by atoms with van der Waals surface area (Å²) in [7, 11) is 0. The molecule has 7 heteroatoms. The first kappa shape index (κ1) is 17.6. The third-order valence-electron chi connectivity index (χ3n) is 4.56. The number of amides is 1. The van der Waals surface area contributed by atoms with Crippen LogP contribution in [0, 0.1) is 10.1 Å². The van der Waals surface area contributed by atoms with Gasteiger partial charge in [0.1, 0.15) is 0 Å². The maximum atomic E-state index is 12.4. The molecule has 1 aliphatic rings. The summed E-state index contributed by atoms with van der Waals surface area (Å²) in [5.74, 6) is -0.202. The van der Waals surface area contributed by atoms with Crippen LogP contribution in [0.25, 0.3) is 0 Å². The molecule has 1 aromatic heterocycles. The van der Waals surface area contributed by atoms with E-state index in [0.29, 0.717) is 12.1 Å². The monoisotopic (exact) mass is 359 g/mol. The summed E-state index contributed by atoms with van der Waals surface area (Å²) >= 11 is 1.66. The number of non-ortho nitro benzene ring substituents is 1. The molecule has 6 nitrogen and oxygen atoms in total. The van der Waals surface area contributed by atoms with Crippen LogP contribution in [0.5, 0.6) is 0 Å². The Morgan fingerprint density at radius 1 is 1.20 bits per heavy atom. The number of thiophene rings is 1. The van der Waals surface area contributed by atoms with Gasteiger partial charge in [0.2, 0.25) is 0 Å². The molecular weight excluding hydrogens is 338 g/mol. The summed E-state index contributed by atoms with van der Waals surface area (Å²) in [5, 5.41) is 17.9. The first-order valence-corrected chi connectivity index (χ1v) is 9.38. The molecule has 1 unspecified atom stereocenters. The molecule has 1 fully saturated rings. The molecule has 0 bridgehead atoms. The maximum Gasteiger partial charge on any atom is 0.269 e. The Kier molecular flexibility index (Phi) is 5.78. The fraction of sp³-hybridized carbons (Fsp3) is 0.389. The van der Waals surface area contributed by atoms with Crippen molar-refractivity contribution < 1.29 is 9.72 Å². The number of carbonyl (C=O) groups excluding carboxylic acids is 1. The average Bonchev–Trinajstić information content (AvgIpc) is 3.17. The molecule has 2 heterocycles. The first-order valence-electron chi connectivity index (χ1n) is 8.44. The summed E-state index contributed by atoms with van der Waals surface area (Å²) < 4.78 is 0. The van der Waals surface area contributed by atoms with Crippen LogP contribution in [0.15, 0.2) is 41.1 Å². The minimum absolute atomic E-state index is 0.0129. The van der Waals surface area contributed by atoms with E-state index in [2.05, 4.69) is 27.0 Å². The fourth-order valence-electron chi connectivity index (χ4n) is 3.18. The summed E-state index contributed by atoms with van der Waals surface area (Å²) in [5.41, 5.74) is 1.66. The van der Waals surface area contributed by atoms with Gasteiger partial charge in [0.25, 0.3) is 11.6 Å². The summed E-state index contributed by atoms with van der Waals surface area (Å²) in [6, 6.07) is 7.99.